The monoisotopic (exact) mass is 384 g/mol. The Balaban J connectivity index is 1.65. The van der Waals surface area contributed by atoms with E-state index in [1.165, 1.54) is 6.08 Å². The van der Waals surface area contributed by atoms with E-state index in [1.54, 1.807) is 43.0 Å². The highest BCUT2D eigenvalue weighted by Crippen LogP contribution is 2.40. The van der Waals surface area contributed by atoms with Crippen LogP contribution in [0.25, 0.3) is 17.1 Å². The number of rotatable bonds is 4. The van der Waals surface area contributed by atoms with E-state index in [0.717, 1.165) is 11.1 Å². The molecule has 0 aliphatic carbocycles. The van der Waals surface area contributed by atoms with Gasteiger partial charge in [-0.25, -0.2) is 4.98 Å². The number of benzene rings is 2. The molecule has 3 aromatic rings. The lowest BCUT2D eigenvalue weighted by atomic mass is 10.1. The lowest BCUT2D eigenvalue weighted by molar-refractivity contribution is 0.103. The number of ether oxygens (including phenoxy) is 3. The summed E-state index contributed by atoms with van der Waals surface area (Å²) in [6.07, 6.45) is 3.18. The van der Waals surface area contributed by atoms with Crippen LogP contribution < -0.4 is 14.2 Å². The number of fused-ring (bicyclic) bond motifs is 2. The number of carbonyl (C=O) groups is 1. The summed E-state index contributed by atoms with van der Waals surface area (Å²) < 4.78 is 18.3. The Morgan fingerprint density at radius 3 is 2.89 bits per heavy atom. The molecule has 4 rings (SSSR count). The minimum Gasteiger partial charge on any atom is -0.493 e. The van der Waals surface area contributed by atoms with Crippen molar-refractivity contribution in [3.63, 3.8) is 0 Å². The number of hydrogen-bond acceptors (Lipinski definition) is 5. The highest BCUT2D eigenvalue weighted by Gasteiger charge is 2.18. The molecule has 1 aromatic heterocycles. The van der Waals surface area contributed by atoms with Crippen molar-refractivity contribution in [1.82, 2.24) is 9.55 Å². The predicted octanol–water partition coefficient (Wildman–Crippen LogP) is 3.90. The quantitative estimate of drug-likeness (QED) is 0.504. The molecule has 27 heavy (non-hydrogen) atoms. The van der Waals surface area contributed by atoms with Crippen LogP contribution in [0.2, 0.25) is 5.02 Å². The van der Waals surface area contributed by atoms with Gasteiger partial charge in [0.15, 0.2) is 17.3 Å². The molecule has 0 fully saturated rings. The number of aromatic nitrogens is 2. The number of aryl methyl sites for hydroxylation is 1. The van der Waals surface area contributed by atoms with Crippen molar-refractivity contribution in [2.75, 3.05) is 20.3 Å². The van der Waals surface area contributed by atoms with Crippen LogP contribution in [0, 0.1) is 0 Å². The van der Waals surface area contributed by atoms with Crippen LogP contribution in [-0.2, 0) is 7.05 Å². The highest BCUT2D eigenvalue weighted by atomic mass is 35.5. The van der Waals surface area contributed by atoms with Crippen molar-refractivity contribution in [1.29, 1.82) is 0 Å². The van der Waals surface area contributed by atoms with Crippen LogP contribution in [0.5, 0.6) is 17.2 Å². The molecule has 0 saturated carbocycles. The van der Waals surface area contributed by atoms with Crippen molar-refractivity contribution in [3.05, 3.63) is 52.8 Å². The Morgan fingerprint density at radius 1 is 1.26 bits per heavy atom. The zero-order chi connectivity index (χ0) is 19.0. The van der Waals surface area contributed by atoms with Crippen molar-refractivity contribution in [2.24, 2.45) is 7.05 Å². The maximum absolute atomic E-state index is 12.6. The van der Waals surface area contributed by atoms with Gasteiger partial charge in [-0.15, -0.1) is 0 Å². The van der Waals surface area contributed by atoms with E-state index < -0.39 is 0 Å². The second kappa shape index (κ2) is 6.96. The first-order chi connectivity index (χ1) is 13.1. The fourth-order valence-corrected chi connectivity index (χ4v) is 3.20. The molecule has 0 amide bonds. The molecule has 1 aliphatic rings. The summed E-state index contributed by atoms with van der Waals surface area (Å²) in [6, 6.07) is 8.97. The third-order valence-corrected chi connectivity index (χ3v) is 4.58. The smallest absolute Gasteiger partial charge is 0.221 e. The Labute approximate surface area is 160 Å². The molecule has 7 heteroatoms. The van der Waals surface area contributed by atoms with Gasteiger partial charge in [0.2, 0.25) is 11.5 Å². The number of methoxy groups -OCH3 is 1. The maximum atomic E-state index is 12.6. The predicted molar refractivity (Wildman–Crippen MR) is 103 cm³/mol. The number of carbonyl (C=O) groups excluding carboxylic acids is 1. The van der Waals surface area contributed by atoms with Crippen molar-refractivity contribution in [2.45, 2.75) is 0 Å². The Bertz CT molecular complexity index is 1050. The minimum atomic E-state index is -0.210. The lowest BCUT2D eigenvalue weighted by Crippen LogP contribution is -2.16. The maximum Gasteiger partial charge on any atom is 0.221 e. The second-order valence-electron chi connectivity index (χ2n) is 6.07. The average molecular weight is 385 g/mol. The van der Waals surface area contributed by atoms with E-state index in [1.807, 2.05) is 12.1 Å². The number of hydrogen-bond donors (Lipinski definition) is 0. The molecule has 0 unspecified atom stereocenters. The first-order valence-corrected chi connectivity index (χ1v) is 8.76. The first kappa shape index (κ1) is 17.4. The van der Waals surface area contributed by atoms with Crippen molar-refractivity contribution < 1.29 is 19.0 Å². The van der Waals surface area contributed by atoms with Gasteiger partial charge in [0.1, 0.15) is 13.2 Å². The Morgan fingerprint density at radius 2 is 2.07 bits per heavy atom. The Kier molecular flexibility index (Phi) is 4.49. The highest BCUT2D eigenvalue weighted by molar-refractivity contribution is 6.31. The molecule has 1 aliphatic heterocycles. The average Bonchev–Trinajstić information content (AvgIpc) is 3.01. The van der Waals surface area contributed by atoms with Gasteiger partial charge in [-0.3, -0.25) is 4.79 Å². The van der Waals surface area contributed by atoms with Crippen molar-refractivity contribution in [3.8, 4) is 17.2 Å². The third kappa shape index (κ3) is 3.24. The van der Waals surface area contributed by atoms with Crippen LogP contribution in [0.4, 0.5) is 0 Å². The molecule has 2 heterocycles. The summed E-state index contributed by atoms with van der Waals surface area (Å²) in [4.78, 5) is 17.0. The van der Waals surface area contributed by atoms with E-state index in [-0.39, 0.29) is 5.78 Å². The normalized spacial score (nSPS) is 13.3. The van der Waals surface area contributed by atoms with E-state index in [0.29, 0.717) is 46.8 Å². The molecule has 6 nitrogen and oxygen atoms in total. The molecule has 2 aromatic carbocycles. The fourth-order valence-electron chi connectivity index (χ4n) is 3.03. The standard InChI is InChI=1S/C20H17ClN2O4/c1-23-15-5-4-13(21)11-14(15)22-20(23)16(24)6-3-12-9-17(25-2)19-18(10-12)26-7-8-27-19/h3-6,9-11H,7-8H2,1-2H3. The van der Waals surface area contributed by atoms with E-state index in [4.69, 9.17) is 25.8 Å². The number of imidazole rings is 1. The van der Waals surface area contributed by atoms with E-state index >= 15 is 0 Å². The summed E-state index contributed by atoms with van der Waals surface area (Å²) in [5, 5.41) is 0.582. The topological polar surface area (TPSA) is 62.6 Å². The third-order valence-electron chi connectivity index (χ3n) is 4.34. The lowest BCUT2D eigenvalue weighted by Gasteiger charge is -2.20. The van der Waals surface area contributed by atoms with Gasteiger partial charge in [-0.05, 0) is 42.0 Å². The molecular formula is C20H17ClN2O4. The largest absolute Gasteiger partial charge is 0.493 e. The fraction of sp³-hybridized carbons (Fsp3) is 0.200. The molecule has 0 atom stereocenters. The molecule has 0 saturated heterocycles. The summed E-state index contributed by atoms with van der Waals surface area (Å²) in [6.45, 7) is 0.957. The van der Waals surface area contributed by atoms with Crippen LogP contribution in [-0.4, -0.2) is 35.7 Å². The SMILES string of the molecule is COc1cc(C=CC(=O)c2nc3cc(Cl)ccc3n2C)cc2c1OCCO2. The van der Waals surface area contributed by atoms with Crippen molar-refractivity contribution >= 4 is 34.5 Å². The number of halogens is 1. The molecule has 138 valence electrons. The van der Waals surface area contributed by atoms with Gasteiger partial charge in [-0.2, -0.15) is 0 Å². The van der Waals surface area contributed by atoms with Gasteiger partial charge in [-0.1, -0.05) is 17.7 Å². The van der Waals surface area contributed by atoms with Gasteiger partial charge in [0.25, 0.3) is 0 Å². The van der Waals surface area contributed by atoms with Crippen LogP contribution in [0.15, 0.2) is 36.4 Å². The minimum absolute atomic E-state index is 0.210. The van der Waals surface area contributed by atoms with Crippen LogP contribution >= 0.6 is 11.6 Å². The number of allylic oxidation sites excluding steroid dienone is 1. The molecular weight excluding hydrogens is 368 g/mol. The van der Waals surface area contributed by atoms with E-state index in [9.17, 15) is 4.79 Å². The van der Waals surface area contributed by atoms with Crippen LogP contribution in [0.1, 0.15) is 16.2 Å². The molecule has 0 N–H and O–H groups in total. The van der Waals surface area contributed by atoms with Gasteiger partial charge in [0, 0.05) is 12.1 Å². The van der Waals surface area contributed by atoms with Gasteiger partial charge in [0.05, 0.1) is 18.1 Å². The summed E-state index contributed by atoms with van der Waals surface area (Å²) in [5.41, 5.74) is 2.30. The summed E-state index contributed by atoms with van der Waals surface area (Å²) in [5.74, 6) is 1.88. The summed E-state index contributed by atoms with van der Waals surface area (Å²) in [7, 11) is 3.37. The first-order valence-electron chi connectivity index (χ1n) is 8.39. The summed E-state index contributed by atoms with van der Waals surface area (Å²) >= 11 is 6.01. The van der Waals surface area contributed by atoms with E-state index in [2.05, 4.69) is 4.98 Å². The second-order valence-corrected chi connectivity index (χ2v) is 6.51. The van der Waals surface area contributed by atoms with Gasteiger partial charge < -0.3 is 18.8 Å². The number of ketones is 1. The van der Waals surface area contributed by atoms with Gasteiger partial charge >= 0.3 is 0 Å². The zero-order valence-electron chi connectivity index (χ0n) is 14.9. The molecule has 0 radical (unpaired) electrons. The van der Waals surface area contributed by atoms with Crippen LogP contribution in [0.3, 0.4) is 0 Å². The molecule has 0 bridgehead atoms. The Hall–Kier alpha value is -2.99. The zero-order valence-corrected chi connectivity index (χ0v) is 15.6. The molecule has 0 spiro atoms. The number of nitrogens with zero attached hydrogens (tertiary/aromatic N) is 2.